The van der Waals surface area contributed by atoms with Gasteiger partial charge in [-0.05, 0) is 17.7 Å². The van der Waals surface area contributed by atoms with E-state index in [1.807, 2.05) is 0 Å². The number of aromatic nitrogens is 2. The summed E-state index contributed by atoms with van der Waals surface area (Å²) >= 11 is 0. The van der Waals surface area contributed by atoms with Gasteiger partial charge >= 0.3 is 0 Å². The smallest absolute Gasteiger partial charge is 0.244 e. The maximum absolute atomic E-state index is 12.3. The molecule has 0 fully saturated rings. The third kappa shape index (κ3) is 3.57. The van der Waals surface area contributed by atoms with Gasteiger partial charge in [-0.1, -0.05) is 11.2 Å². The third-order valence-corrected chi connectivity index (χ3v) is 4.17. The maximum atomic E-state index is 12.3. The first kappa shape index (κ1) is 15.4. The first-order valence-electron chi connectivity index (χ1n) is 6.12. The van der Waals surface area contributed by atoms with E-state index < -0.39 is 10.0 Å². The Balaban J connectivity index is 2.26. The first-order valence-corrected chi connectivity index (χ1v) is 7.60. The number of ether oxygens (including phenoxy) is 1. The van der Waals surface area contributed by atoms with Gasteiger partial charge in [-0.3, -0.25) is 0 Å². The fraction of sp³-hybridized carbons (Fsp3) is 0.333. The van der Waals surface area contributed by atoms with E-state index in [-0.39, 0.29) is 29.6 Å². The summed E-state index contributed by atoms with van der Waals surface area (Å²) in [5.74, 6) is 0.862. The minimum absolute atomic E-state index is 0.0215. The van der Waals surface area contributed by atoms with Crippen LogP contribution in [0.15, 0.2) is 27.6 Å². The second-order valence-electron chi connectivity index (χ2n) is 4.24. The van der Waals surface area contributed by atoms with E-state index >= 15 is 0 Å². The van der Waals surface area contributed by atoms with Gasteiger partial charge in [0.2, 0.25) is 15.9 Å². The van der Waals surface area contributed by atoms with Crippen molar-refractivity contribution in [3.05, 3.63) is 35.5 Å². The Hall–Kier alpha value is -1.97. The molecule has 8 nitrogen and oxygen atoms in total. The summed E-state index contributed by atoms with van der Waals surface area (Å²) < 4.78 is 36.9. The summed E-state index contributed by atoms with van der Waals surface area (Å²) in [6.07, 6.45) is 0. The third-order valence-electron chi connectivity index (χ3n) is 2.74. The molecule has 0 atom stereocenters. The van der Waals surface area contributed by atoms with Crippen molar-refractivity contribution >= 4 is 10.0 Å². The van der Waals surface area contributed by atoms with E-state index in [1.165, 1.54) is 13.2 Å². The molecular formula is C12H16N4O4S. The van der Waals surface area contributed by atoms with Gasteiger partial charge in [-0.15, -0.1) is 0 Å². The topological polar surface area (TPSA) is 120 Å². The second kappa shape index (κ2) is 6.20. The van der Waals surface area contributed by atoms with E-state index in [1.54, 1.807) is 19.1 Å². The molecule has 114 valence electrons. The minimum atomic E-state index is -3.78. The van der Waals surface area contributed by atoms with E-state index in [9.17, 15) is 8.42 Å². The second-order valence-corrected chi connectivity index (χ2v) is 5.98. The molecule has 0 unspecified atom stereocenters. The van der Waals surface area contributed by atoms with Crippen LogP contribution in [0.4, 0.5) is 0 Å². The van der Waals surface area contributed by atoms with Crippen LogP contribution in [-0.2, 0) is 23.1 Å². The molecule has 0 aliphatic rings. The monoisotopic (exact) mass is 312 g/mol. The molecular weight excluding hydrogens is 296 g/mol. The Morgan fingerprint density at radius 2 is 2.19 bits per heavy atom. The number of nitrogens with zero attached hydrogens (tertiary/aromatic N) is 2. The zero-order valence-corrected chi connectivity index (χ0v) is 12.5. The van der Waals surface area contributed by atoms with E-state index in [4.69, 9.17) is 15.0 Å². The Morgan fingerprint density at radius 1 is 1.43 bits per heavy atom. The molecule has 0 spiro atoms. The Morgan fingerprint density at radius 3 is 2.76 bits per heavy atom. The molecule has 2 aromatic rings. The minimum Gasteiger partial charge on any atom is -0.495 e. The molecule has 9 heteroatoms. The molecule has 1 aromatic heterocycles. The lowest BCUT2D eigenvalue weighted by atomic mass is 10.2. The fourth-order valence-corrected chi connectivity index (χ4v) is 2.91. The zero-order valence-electron chi connectivity index (χ0n) is 11.7. The molecule has 0 amide bonds. The molecule has 3 N–H and O–H groups in total. The summed E-state index contributed by atoms with van der Waals surface area (Å²) in [6.45, 7) is 1.78. The van der Waals surface area contributed by atoms with Crippen LogP contribution in [0.25, 0.3) is 0 Å². The molecule has 2 rings (SSSR count). The lowest BCUT2D eigenvalue weighted by Crippen LogP contribution is -2.24. The molecule has 21 heavy (non-hydrogen) atoms. The van der Waals surface area contributed by atoms with Crippen molar-refractivity contribution in [2.24, 2.45) is 5.73 Å². The zero-order chi connectivity index (χ0) is 15.5. The number of sulfonamides is 1. The average molecular weight is 312 g/mol. The Kier molecular flexibility index (Phi) is 4.56. The molecule has 0 aliphatic carbocycles. The van der Waals surface area contributed by atoms with Crippen LogP contribution < -0.4 is 15.2 Å². The average Bonchev–Trinajstić information content (AvgIpc) is 2.90. The summed E-state index contributed by atoms with van der Waals surface area (Å²) in [5.41, 5.74) is 6.22. The van der Waals surface area contributed by atoms with Crippen molar-refractivity contribution < 1.29 is 17.7 Å². The SMILES string of the molecule is COc1ccc(CN)cc1S(=O)(=O)NCc1noc(C)n1. The van der Waals surface area contributed by atoms with Gasteiger partial charge in [-0.2, -0.15) is 4.98 Å². The van der Waals surface area contributed by atoms with Crippen LogP contribution in [0.2, 0.25) is 0 Å². The van der Waals surface area contributed by atoms with Crippen LogP contribution >= 0.6 is 0 Å². The van der Waals surface area contributed by atoms with E-state index in [0.29, 0.717) is 11.5 Å². The van der Waals surface area contributed by atoms with E-state index in [2.05, 4.69) is 14.9 Å². The number of hydrogen-bond donors (Lipinski definition) is 2. The number of benzene rings is 1. The highest BCUT2D eigenvalue weighted by Crippen LogP contribution is 2.24. The van der Waals surface area contributed by atoms with Gasteiger partial charge in [0.25, 0.3) is 0 Å². The quantitative estimate of drug-likeness (QED) is 0.788. The number of hydrogen-bond acceptors (Lipinski definition) is 7. The largest absolute Gasteiger partial charge is 0.495 e. The number of nitrogens with two attached hydrogens (primary N) is 1. The number of nitrogens with one attached hydrogen (secondary N) is 1. The Labute approximate surface area is 122 Å². The van der Waals surface area contributed by atoms with Crippen molar-refractivity contribution in [3.63, 3.8) is 0 Å². The predicted octanol–water partition coefficient (Wildman–Crippen LogP) is 0.324. The van der Waals surface area contributed by atoms with Crippen molar-refractivity contribution in [1.82, 2.24) is 14.9 Å². The summed E-state index contributed by atoms with van der Waals surface area (Å²) in [5, 5.41) is 3.62. The van der Waals surface area contributed by atoms with Crippen molar-refractivity contribution in [2.75, 3.05) is 7.11 Å². The first-order chi connectivity index (χ1) is 9.96. The van der Waals surface area contributed by atoms with Gasteiger partial charge in [-0.25, -0.2) is 13.1 Å². The molecule has 0 bridgehead atoms. The lowest BCUT2D eigenvalue weighted by Gasteiger charge is -2.11. The van der Waals surface area contributed by atoms with Crippen LogP contribution in [0, 0.1) is 6.92 Å². The van der Waals surface area contributed by atoms with Gasteiger partial charge in [0, 0.05) is 13.5 Å². The predicted molar refractivity (Wildman–Crippen MR) is 73.9 cm³/mol. The molecule has 0 radical (unpaired) electrons. The van der Waals surface area contributed by atoms with Crippen LogP contribution in [0.5, 0.6) is 5.75 Å². The van der Waals surface area contributed by atoms with Gasteiger partial charge in [0.1, 0.15) is 10.6 Å². The fourth-order valence-electron chi connectivity index (χ4n) is 1.71. The van der Waals surface area contributed by atoms with Crippen molar-refractivity contribution in [1.29, 1.82) is 0 Å². The molecule has 1 heterocycles. The van der Waals surface area contributed by atoms with Crippen LogP contribution in [0.3, 0.4) is 0 Å². The van der Waals surface area contributed by atoms with Gasteiger partial charge in [0.15, 0.2) is 5.82 Å². The van der Waals surface area contributed by atoms with Gasteiger partial charge < -0.3 is 15.0 Å². The molecule has 0 saturated carbocycles. The summed E-state index contributed by atoms with van der Waals surface area (Å²) in [6, 6.07) is 4.75. The van der Waals surface area contributed by atoms with Crippen LogP contribution in [0.1, 0.15) is 17.3 Å². The summed E-state index contributed by atoms with van der Waals surface area (Å²) in [7, 11) is -2.37. The van der Waals surface area contributed by atoms with Crippen molar-refractivity contribution in [3.8, 4) is 5.75 Å². The van der Waals surface area contributed by atoms with E-state index in [0.717, 1.165) is 0 Å². The maximum Gasteiger partial charge on any atom is 0.244 e. The number of methoxy groups -OCH3 is 1. The number of aryl methyl sites for hydroxylation is 1. The standard InChI is InChI=1S/C12H16N4O4S/c1-8-15-12(16-20-8)7-14-21(17,18)11-5-9(6-13)3-4-10(11)19-2/h3-5,14H,6-7,13H2,1-2H3. The lowest BCUT2D eigenvalue weighted by molar-refractivity contribution is 0.386. The normalized spacial score (nSPS) is 11.6. The Bertz CT molecular complexity index is 727. The molecule has 0 aliphatic heterocycles. The molecule has 1 aromatic carbocycles. The highest BCUT2D eigenvalue weighted by molar-refractivity contribution is 7.89. The van der Waals surface area contributed by atoms with Crippen molar-refractivity contribution in [2.45, 2.75) is 24.9 Å². The highest BCUT2D eigenvalue weighted by atomic mass is 32.2. The molecule has 0 saturated heterocycles. The van der Waals surface area contributed by atoms with Gasteiger partial charge in [0.05, 0.1) is 13.7 Å². The summed E-state index contributed by atoms with van der Waals surface area (Å²) in [4.78, 5) is 3.95. The van der Waals surface area contributed by atoms with Crippen LogP contribution in [-0.4, -0.2) is 25.7 Å². The number of rotatable bonds is 6. The highest BCUT2D eigenvalue weighted by Gasteiger charge is 2.20.